The van der Waals surface area contributed by atoms with Gasteiger partial charge in [0.1, 0.15) is 10.7 Å². The first-order valence-electron chi connectivity index (χ1n) is 6.70. The zero-order chi connectivity index (χ0) is 14.5. The Balaban J connectivity index is 2.07. The van der Waals surface area contributed by atoms with Gasteiger partial charge in [-0.05, 0) is 27.7 Å². The Labute approximate surface area is 122 Å². The molecule has 2 aromatic rings. The van der Waals surface area contributed by atoms with Crippen molar-refractivity contribution < 1.29 is 9.47 Å². The van der Waals surface area contributed by atoms with Crippen LogP contribution in [0.5, 0.6) is 0 Å². The highest BCUT2D eigenvalue weighted by molar-refractivity contribution is 7.11. The summed E-state index contributed by atoms with van der Waals surface area (Å²) in [6, 6.07) is 0. The summed E-state index contributed by atoms with van der Waals surface area (Å²) in [6.07, 6.45) is 1.40. The summed E-state index contributed by atoms with van der Waals surface area (Å²) in [6.45, 7) is 9.71. The molecule has 0 unspecified atom stereocenters. The summed E-state index contributed by atoms with van der Waals surface area (Å²) in [7, 11) is 0. The topological polar surface area (TPSA) is 62.1 Å². The lowest BCUT2D eigenvalue weighted by molar-refractivity contribution is -0.142. The Morgan fingerprint density at radius 2 is 1.95 bits per heavy atom. The lowest BCUT2D eigenvalue weighted by atomic mass is 10.4. The Morgan fingerprint density at radius 3 is 2.50 bits per heavy atom. The summed E-state index contributed by atoms with van der Waals surface area (Å²) in [5.41, 5.74) is 1.77. The van der Waals surface area contributed by atoms with Gasteiger partial charge in [-0.1, -0.05) is 5.21 Å². The van der Waals surface area contributed by atoms with Crippen LogP contribution in [-0.4, -0.2) is 33.2 Å². The molecule has 0 aromatic carbocycles. The molecule has 110 valence electrons. The number of ether oxygens (including phenoxy) is 2. The molecule has 0 fully saturated rings. The predicted molar refractivity (Wildman–Crippen MR) is 76.7 cm³/mol. The molecule has 2 rings (SSSR count). The third-order valence-electron chi connectivity index (χ3n) is 2.80. The van der Waals surface area contributed by atoms with E-state index < -0.39 is 6.29 Å². The molecule has 0 atom stereocenters. The molecule has 2 heterocycles. The fourth-order valence-electron chi connectivity index (χ4n) is 1.77. The van der Waals surface area contributed by atoms with Gasteiger partial charge in [-0.15, -0.1) is 16.4 Å². The van der Waals surface area contributed by atoms with Crippen molar-refractivity contribution in [2.24, 2.45) is 0 Å². The zero-order valence-corrected chi connectivity index (χ0v) is 13.1. The number of rotatable bonds is 7. The van der Waals surface area contributed by atoms with Crippen LogP contribution in [0.4, 0.5) is 0 Å². The SMILES string of the molecule is CCOC(OCC)c1cn(Cc2nc(C)c(C)s2)nn1. The summed E-state index contributed by atoms with van der Waals surface area (Å²) in [5, 5.41) is 9.26. The lowest BCUT2D eigenvalue weighted by Crippen LogP contribution is -2.09. The van der Waals surface area contributed by atoms with Crippen LogP contribution in [0.1, 0.15) is 41.4 Å². The summed E-state index contributed by atoms with van der Waals surface area (Å²) < 4.78 is 12.8. The second kappa shape index (κ2) is 6.92. The minimum Gasteiger partial charge on any atom is -0.347 e. The standard InChI is InChI=1S/C13H20N4O2S/c1-5-18-13(19-6-2)11-7-17(16-15-11)8-12-14-9(3)10(4)20-12/h7,13H,5-6,8H2,1-4H3. The molecule has 6 nitrogen and oxygen atoms in total. The molecule has 0 radical (unpaired) electrons. The molecule has 0 spiro atoms. The van der Waals surface area contributed by atoms with Crippen LogP contribution in [0.25, 0.3) is 0 Å². The summed E-state index contributed by atoms with van der Waals surface area (Å²) in [5.74, 6) is 0. The van der Waals surface area contributed by atoms with Crippen LogP contribution in [0.3, 0.4) is 0 Å². The fraction of sp³-hybridized carbons (Fsp3) is 0.615. The van der Waals surface area contributed by atoms with Crippen molar-refractivity contribution in [1.29, 1.82) is 0 Å². The van der Waals surface area contributed by atoms with E-state index in [1.807, 2.05) is 27.0 Å². The molecule has 0 N–H and O–H groups in total. The van der Waals surface area contributed by atoms with E-state index >= 15 is 0 Å². The molecule has 7 heteroatoms. The third kappa shape index (κ3) is 3.62. The van der Waals surface area contributed by atoms with Crippen molar-refractivity contribution in [2.45, 2.75) is 40.5 Å². The first-order chi connectivity index (χ1) is 9.63. The smallest absolute Gasteiger partial charge is 0.204 e. The van der Waals surface area contributed by atoms with Gasteiger partial charge < -0.3 is 9.47 Å². The van der Waals surface area contributed by atoms with Crippen molar-refractivity contribution in [1.82, 2.24) is 20.0 Å². The summed E-state index contributed by atoms with van der Waals surface area (Å²) >= 11 is 1.69. The molecule has 0 aliphatic heterocycles. The highest BCUT2D eigenvalue weighted by atomic mass is 32.1. The Kier molecular flexibility index (Phi) is 5.22. The van der Waals surface area contributed by atoms with E-state index in [4.69, 9.17) is 9.47 Å². The largest absolute Gasteiger partial charge is 0.347 e. The number of aromatic nitrogens is 4. The molecule has 0 saturated heterocycles. The second-order valence-electron chi connectivity index (χ2n) is 4.33. The van der Waals surface area contributed by atoms with Gasteiger partial charge in [0.2, 0.25) is 6.29 Å². The fourth-order valence-corrected chi connectivity index (χ4v) is 2.69. The molecule has 0 saturated carbocycles. The van der Waals surface area contributed by atoms with Gasteiger partial charge in [-0.3, -0.25) is 0 Å². The van der Waals surface area contributed by atoms with Crippen molar-refractivity contribution in [2.75, 3.05) is 13.2 Å². The average molecular weight is 296 g/mol. The number of thiazole rings is 1. The lowest BCUT2D eigenvalue weighted by Gasteiger charge is -2.13. The minimum absolute atomic E-state index is 0.446. The van der Waals surface area contributed by atoms with Crippen LogP contribution in [0.2, 0.25) is 0 Å². The minimum atomic E-state index is -0.446. The second-order valence-corrected chi connectivity index (χ2v) is 5.62. The van der Waals surface area contributed by atoms with Gasteiger partial charge in [-0.2, -0.15) is 0 Å². The van der Waals surface area contributed by atoms with E-state index in [2.05, 4.69) is 22.2 Å². The quantitative estimate of drug-likeness (QED) is 0.735. The Hall–Kier alpha value is -1.31. The van der Waals surface area contributed by atoms with Gasteiger partial charge in [0.15, 0.2) is 0 Å². The third-order valence-corrected chi connectivity index (χ3v) is 3.86. The maximum Gasteiger partial charge on any atom is 0.204 e. The molecule has 0 aliphatic carbocycles. The monoisotopic (exact) mass is 296 g/mol. The molecule has 0 aliphatic rings. The van der Waals surface area contributed by atoms with Gasteiger partial charge >= 0.3 is 0 Å². The molecule has 0 bridgehead atoms. The molecule has 0 amide bonds. The van der Waals surface area contributed by atoms with E-state index in [9.17, 15) is 0 Å². The summed E-state index contributed by atoms with van der Waals surface area (Å²) in [4.78, 5) is 5.74. The highest BCUT2D eigenvalue weighted by Crippen LogP contribution is 2.19. The molecule has 20 heavy (non-hydrogen) atoms. The zero-order valence-electron chi connectivity index (χ0n) is 12.3. The first-order valence-corrected chi connectivity index (χ1v) is 7.51. The van der Waals surface area contributed by atoms with Gasteiger partial charge in [0, 0.05) is 18.1 Å². The molecular weight excluding hydrogens is 276 g/mol. The van der Waals surface area contributed by atoms with Gasteiger partial charge in [-0.25, -0.2) is 9.67 Å². The number of hydrogen-bond donors (Lipinski definition) is 0. The van der Waals surface area contributed by atoms with Crippen LogP contribution in [0.15, 0.2) is 6.20 Å². The van der Waals surface area contributed by atoms with E-state index in [0.29, 0.717) is 25.5 Å². The maximum absolute atomic E-state index is 5.50. The first kappa shape index (κ1) is 15.1. The van der Waals surface area contributed by atoms with Crippen LogP contribution < -0.4 is 0 Å². The highest BCUT2D eigenvalue weighted by Gasteiger charge is 2.16. The molecule has 2 aromatic heterocycles. The average Bonchev–Trinajstić information content (AvgIpc) is 2.98. The van der Waals surface area contributed by atoms with Crippen molar-refractivity contribution in [3.05, 3.63) is 27.5 Å². The Bertz CT molecular complexity index is 527. The van der Waals surface area contributed by atoms with E-state index in [-0.39, 0.29) is 0 Å². The maximum atomic E-state index is 5.50. The van der Waals surface area contributed by atoms with Crippen molar-refractivity contribution in [3.63, 3.8) is 0 Å². The normalized spacial score (nSPS) is 11.4. The number of aryl methyl sites for hydroxylation is 2. The number of hydrogen-bond acceptors (Lipinski definition) is 6. The predicted octanol–water partition coefficient (Wildman–Crippen LogP) is 2.47. The van der Waals surface area contributed by atoms with Crippen molar-refractivity contribution >= 4 is 11.3 Å². The van der Waals surface area contributed by atoms with Crippen molar-refractivity contribution in [3.8, 4) is 0 Å². The van der Waals surface area contributed by atoms with E-state index in [0.717, 1.165) is 10.7 Å². The van der Waals surface area contributed by atoms with Gasteiger partial charge in [0.05, 0.1) is 18.4 Å². The van der Waals surface area contributed by atoms with Crippen LogP contribution >= 0.6 is 11.3 Å². The van der Waals surface area contributed by atoms with E-state index in [1.54, 1.807) is 16.0 Å². The van der Waals surface area contributed by atoms with Gasteiger partial charge in [0.25, 0.3) is 0 Å². The Morgan fingerprint density at radius 1 is 1.25 bits per heavy atom. The number of nitrogens with zero attached hydrogens (tertiary/aromatic N) is 4. The van der Waals surface area contributed by atoms with Crippen LogP contribution in [0, 0.1) is 13.8 Å². The molecular formula is C13H20N4O2S. The van der Waals surface area contributed by atoms with E-state index in [1.165, 1.54) is 4.88 Å². The van der Waals surface area contributed by atoms with Crippen LogP contribution in [-0.2, 0) is 16.0 Å².